The van der Waals surface area contributed by atoms with Gasteiger partial charge in [0.15, 0.2) is 0 Å². The number of rotatable bonds is 1. The van der Waals surface area contributed by atoms with Crippen molar-refractivity contribution in [1.29, 1.82) is 0 Å². The Kier molecular flexibility index (Phi) is 2.68. The van der Waals surface area contributed by atoms with Gasteiger partial charge in [0.1, 0.15) is 11.6 Å². The summed E-state index contributed by atoms with van der Waals surface area (Å²) in [6, 6.07) is 4.41. The minimum Gasteiger partial charge on any atom is -0.508 e. The molecule has 14 heavy (non-hydrogen) atoms. The predicted octanol–water partition coefficient (Wildman–Crippen LogP) is 2.35. The molecule has 1 aliphatic heterocycles. The fraction of sp³-hybridized carbons (Fsp3) is 0.455. The van der Waals surface area contributed by atoms with Crippen LogP contribution < -0.4 is 5.32 Å². The van der Waals surface area contributed by atoms with Gasteiger partial charge in [-0.25, -0.2) is 4.39 Å². The maximum atomic E-state index is 12.7. The molecule has 1 unspecified atom stereocenters. The molecule has 0 radical (unpaired) electrons. The first-order valence-electron chi connectivity index (χ1n) is 4.99. The maximum absolute atomic E-state index is 12.7. The molecule has 1 saturated heterocycles. The van der Waals surface area contributed by atoms with Crippen LogP contribution in [0.1, 0.15) is 30.9 Å². The van der Waals surface area contributed by atoms with Crippen molar-refractivity contribution in [2.75, 3.05) is 6.54 Å². The number of benzene rings is 1. The molecule has 1 heterocycles. The zero-order chi connectivity index (χ0) is 9.97. The number of phenols is 1. The summed E-state index contributed by atoms with van der Waals surface area (Å²) in [4.78, 5) is 0. The van der Waals surface area contributed by atoms with Gasteiger partial charge in [-0.3, -0.25) is 0 Å². The molecule has 0 bridgehead atoms. The number of nitrogens with one attached hydrogen (secondary N) is 1. The van der Waals surface area contributed by atoms with Crippen LogP contribution in [0.25, 0.3) is 0 Å². The molecule has 2 nitrogen and oxygen atoms in total. The number of piperidine rings is 1. The van der Waals surface area contributed by atoms with E-state index in [0.717, 1.165) is 24.9 Å². The fourth-order valence-corrected chi connectivity index (χ4v) is 1.93. The van der Waals surface area contributed by atoms with E-state index in [1.165, 1.54) is 18.6 Å². The van der Waals surface area contributed by atoms with Crippen molar-refractivity contribution in [3.05, 3.63) is 29.6 Å². The minimum absolute atomic E-state index is 0.0596. The van der Waals surface area contributed by atoms with Crippen molar-refractivity contribution in [2.24, 2.45) is 0 Å². The molecule has 1 atom stereocenters. The molecule has 1 aliphatic rings. The van der Waals surface area contributed by atoms with E-state index in [4.69, 9.17) is 0 Å². The molecular weight excluding hydrogens is 181 g/mol. The van der Waals surface area contributed by atoms with E-state index in [1.54, 1.807) is 6.07 Å². The molecule has 0 aliphatic carbocycles. The highest BCUT2D eigenvalue weighted by Gasteiger charge is 2.17. The Morgan fingerprint density at radius 3 is 2.86 bits per heavy atom. The lowest BCUT2D eigenvalue weighted by Gasteiger charge is -2.24. The molecule has 1 aromatic carbocycles. The highest BCUT2D eigenvalue weighted by atomic mass is 19.1. The Bertz CT molecular complexity index is 321. The second-order valence-electron chi connectivity index (χ2n) is 3.71. The van der Waals surface area contributed by atoms with Crippen molar-refractivity contribution in [3.63, 3.8) is 0 Å². The number of hydrogen-bond donors (Lipinski definition) is 2. The zero-order valence-electron chi connectivity index (χ0n) is 7.96. The summed E-state index contributed by atoms with van der Waals surface area (Å²) >= 11 is 0. The van der Waals surface area contributed by atoms with E-state index in [9.17, 15) is 9.50 Å². The van der Waals surface area contributed by atoms with Gasteiger partial charge < -0.3 is 10.4 Å². The summed E-state index contributed by atoms with van der Waals surface area (Å²) in [5.74, 6) is -0.327. The molecular formula is C11H14FNO. The predicted molar refractivity (Wildman–Crippen MR) is 52.7 cm³/mol. The largest absolute Gasteiger partial charge is 0.508 e. The topological polar surface area (TPSA) is 32.3 Å². The second kappa shape index (κ2) is 3.96. The van der Waals surface area contributed by atoms with Crippen LogP contribution in [0.2, 0.25) is 0 Å². The van der Waals surface area contributed by atoms with Crippen LogP contribution in [-0.4, -0.2) is 11.7 Å². The second-order valence-corrected chi connectivity index (χ2v) is 3.71. The van der Waals surface area contributed by atoms with E-state index < -0.39 is 0 Å². The number of aromatic hydroxyl groups is 1. The molecule has 1 aromatic rings. The van der Waals surface area contributed by atoms with Crippen LogP contribution in [0.4, 0.5) is 4.39 Å². The molecule has 3 heteroatoms. The summed E-state index contributed by atoms with van der Waals surface area (Å²) < 4.78 is 12.7. The molecule has 76 valence electrons. The summed E-state index contributed by atoms with van der Waals surface area (Å²) in [5, 5.41) is 12.9. The van der Waals surface area contributed by atoms with Crippen LogP contribution in [0.5, 0.6) is 5.75 Å². The first-order chi connectivity index (χ1) is 6.77. The molecule has 2 N–H and O–H groups in total. The Morgan fingerprint density at radius 1 is 1.36 bits per heavy atom. The van der Waals surface area contributed by atoms with Crippen molar-refractivity contribution >= 4 is 0 Å². The van der Waals surface area contributed by atoms with Gasteiger partial charge in [0, 0.05) is 17.7 Å². The molecule has 0 aromatic heterocycles. The SMILES string of the molecule is Oc1cc(F)ccc1C1CCCCN1. The van der Waals surface area contributed by atoms with Crippen LogP contribution >= 0.6 is 0 Å². The van der Waals surface area contributed by atoms with Gasteiger partial charge in [0.05, 0.1) is 0 Å². The van der Waals surface area contributed by atoms with Crippen LogP contribution in [0.3, 0.4) is 0 Å². The lowest BCUT2D eigenvalue weighted by molar-refractivity contribution is 0.389. The van der Waals surface area contributed by atoms with Gasteiger partial charge in [-0.2, -0.15) is 0 Å². The number of phenolic OH excluding ortho intramolecular Hbond substituents is 1. The first-order valence-corrected chi connectivity index (χ1v) is 4.99. The first kappa shape index (κ1) is 9.46. The normalized spacial score (nSPS) is 22.2. The van der Waals surface area contributed by atoms with Gasteiger partial charge >= 0.3 is 0 Å². The van der Waals surface area contributed by atoms with E-state index in [0.29, 0.717) is 0 Å². The van der Waals surface area contributed by atoms with E-state index in [-0.39, 0.29) is 17.6 Å². The summed E-state index contributed by atoms with van der Waals surface area (Å²) in [6.45, 7) is 0.974. The van der Waals surface area contributed by atoms with E-state index in [1.807, 2.05) is 0 Å². The van der Waals surface area contributed by atoms with Gasteiger partial charge in [-0.05, 0) is 25.5 Å². The maximum Gasteiger partial charge on any atom is 0.126 e. The standard InChI is InChI=1S/C11H14FNO/c12-8-4-5-9(11(14)7-8)10-3-1-2-6-13-10/h4-5,7,10,13-14H,1-3,6H2. The van der Waals surface area contributed by atoms with Gasteiger partial charge in [0.25, 0.3) is 0 Å². The third-order valence-corrected chi connectivity index (χ3v) is 2.68. The molecule has 2 rings (SSSR count). The van der Waals surface area contributed by atoms with E-state index in [2.05, 4.69) is 5.32 Å². The molecule has 0 amide bonds. The summed E-state index contributed by atoms with van der Waals surface area (Å²) in [5.41, 5.74) is 0.811. The monoisotopic (exact) mass is 195 g/mol. The van der Waals surface area contributed by atoms with Gasteiger partial charge in [-0.15, -0.1) is 0 Å². The highest BCUT2D eigenvalue weighted by molar-refractivity contribution is 5.35. The van der Waals surface area contributed by atoms with Gasteiger partial charge in [-0.1, -0.05) is 12.5 Å². The fourth-order valence-electron chi connectivity index (χ4n) is 1.93. The van der Waals surface area contributed by atoms with Crippen molar-refractivity contribution in [2.45, 2.75) is 25.3 Å². The molecule has 0 spiro atoms. The Morgan fingerprint density at radius 2 is 2.21 bits per heavy atom. The van der Waals surface area contributed by atoms with Crippen LogP contribution in [0.15, 0.2) is 18.2 Å². The summed E-state index contributed by atoms with van der Waals surface area (Å²) in [7, 11) is 0. The third-order valence-electron chi connectivity index (χ3n) is 2.68. The third kappa shape index (κ3) is 1.87. The molecule has 0 saturated carbocycles. The van der Waals surface area contributed by atoms with Crippen molar-refractivity contribution in [1.82, 2.24) is 5.32 Å². The lowest BCUT2D eigenvalue weighted by atomic mass is 9.97. The molecule has 1 fully saturated rings. The van der Waals surface area contributed by atoms with Crippen LogP contribution in [0, 0.1) is 5.82 Å². The van der Waals surface area contributed by atoms with Crippen molar-refractivity contribution in [3.8, 4) is 5.75 Å². The number of halogens is 1. The lowest BCUT2D eigenvalue weighted by Crippen LogP contribution is -2.26. The quantitative estimate of drug-likeness (QED) is 0.721. The number of hydrogen-bond acceptors (Lipinski definition) is 2. The Balaban J connectivity index is 2.22. The Hall–Kier alpha value is -1.09. The van der Waals surface area contributed by atoms with E-state index >= 15 is 0 Å². The average molecular weight is 195 g/mol. The van der Waals surface area contributed by atoms with Crippen LogP contribution in [-0.2, 0) is 0 Å². The van der Waals surface area contributed by atoms with Gasteiger partial charge in [0.2, 0.25) is 0 Å². The average Bonchev–Trinajstić information content (AvgIpc) is 2.19. The Labute approximate surface area is 82.8 Å². The zero-order valence-corrected chi connectivity index (χ0v) is 7.96. The summed E-state index contributed by atoms with van der Waals surface area (Å²) in [6.07, 6.45) is 3.35. The highest BCUT2D eigenvalue weighted by Crippen LogP contribution is 2.29. The minimum atomic E-state index is -0.387. The smallest absolute Gasteiger partial charge is 0.126 e. The van der Waals surface area contributed by atoms with Crippen molar-refractivity contribution < 1.29 is 9.50 Å².